The third-order valence-corrected chi connectivity index (χ3v) is 2.18. The molecule has 5 heteroatoms. The van der Waals surface area contributed by atoms with Crippen molar-refractivity contribution in [2.75, 3.05) is 0 Å². The molecule has 0 spiro atoms. The van der Waals surface area contributed by atoms with Crippen molar-refractivity contribution in [1.82, 2.24) is 4.98 Å². The molecular formula is C9H7N3OS. The van der Waals surface area contributed by atoms with Gasteiger partial charge in [-0.05, 0) is 24.3 Å². The quantitative estimate of drug-likeness (QED) is 0.765. The van der Waals surface area contributed by atoms with Gasteiger partial charge in [-0.2, -0.15) is 0 Å². The highest BCUT2D eigenvalue weighted by atomic mass is 32.1. The van der Waals surface area contributed by atoms with E-state index in [4.69, 9.17) is 5.11 Å². The fourth-order valence-electron chi connectivity index (χ4n) is 0.885. The lowest BCUT2D eigenvalue weighted by Crippen LogP contribution is -1.63. The molecule has 70 valence electrons. The second-order valence-electron chi connectivity index (χ2n) is 2.53. The van der Waals surface area contributed by atoms with Crippen LogP contribution in [0.1, 0.15) is 0 Å². The van der Waals surface area contributed by atoms with E-state index in [0.29, 0.717) is 10.8 Å². The summed E-state index contributed by atoms with van der Waals surface area (Å²) in [7, 11) is 0. The first-order valence-corrected chi connectivity index (χ1v) is 4.83. The summed E-state index contributed by atoms with van der Waals surface area (Å²) < 4.78 is 0. The van der Waals surface area contributed by atoms with Gasteiger partial charge in [-0.15, -0.1) is 21.6 Å². The topological polar surface area (TPSA) is 57.8 Å². The molecule has 0 unspecified atom stereocenters. The minimum atomic E-state index is 0.221. The maximum Gasteiger partial charge on any atom is 0.229 e. The first-order chi connectivity index (χ1) is 6.84. The molecule has 1 aromatic heterocycles. The Bertz CT molecular complexity index is 422. The Morgan fingerprint density at radius 1 is 1.14 bits per heavy atom. The zero-order chi connectivity index (χ0) is 9.80. The number of benzene rings is 1. The zero-order valence-electron chi connectivity index (χ0n) is 7.16. The molecule has 0 radical (unpaired) electrons. The van der Waals surface area contributed by atoms with E-state index in [0.717, 1.165) is 0 Å². The Labute approximate surface area is 84.6 Å². The number of nitrogens with zero attached hydrogens (tertiary/aromatic N) is 3. The van der Waals surface area contributed by atoms with E-state index in [2.05, 4.69) is 15.2 Å². The van der Waals surface area contributed by atoms with E-state index in [9.17, 15) is 0 Å². The number of phenolic OH excluding ortho intramolecular Hbond substituents is 1. The highest BCUT2D eigenvalue weighted by Crippen LogP contribution is 2.21. The highest BCUT2D eigenvalue weighted by Gasteiger charge is 1.92. The molecule has 0 atom stereocenters. The van der Waals surface area contributed by atoms with Crippen molar-refractivity contribution in [3.8, 4) is 5.75 Å². The Kier molecular flexibility index (Phi) is 2.51. The van der Waals surface area contributed by atoms with Crippen LogP contribution in [0.4, 0.5) is 10.8 Å². The van der Waals surface area contributed by atoms with Crippen LogP contribution in [-0.2, 0) is 0 Å². The van der Waals surface area contributed by atoms with Crippen molar-refractivity contribution in [3.63, 3.8) is 0 Å². The molecule has 0 bridgehead atoms. The first-order valence-electron chi connectivity index (χ1n) is 3.95. The van der Waals surface area contributed by atoms with Crippen LogP contribution in [0.2, 0.25) is 0 Å². The molecule has 0 amide bonds. The normalized spacial score (nSPS) is 10.9. The van der Waals surface area contributed by atoms with E-state index >= 15 is 0 Å². The number of aromatic nitrogens is 1. The summed E-state index contributed by atoms with van der Waals surface area (Å²) in [5, 5.41) is 19.4. The predicted octanol–water partition coefficient (Wildman–Crippen LogP) is 3.26. The summed E-state index contributed by atoms with van der Waals surface area (Å²) in [6, 6.07) is 6.51. The number of phenols is 1. The fraction of sp³-hybridized carbons (Fsp3) is 0. The zero-order valence-corrected chi connectivity index (χ0v) is 7.98. The molecule has 2 aromatic rings. The molecule has 0 aliphatic heterocycles. The maximum atomic E-state index is 9.03. The molecule has 0 fully saturated rings. The molecule has 0 saturated heterocycles. The SMILES string of the molecule is Oc1ccc(N=Nc2nccs2)cc1. The smallest absolute Gasteiger partial charge is 0.229 e. The molecule has 1 aromatic carbocycles. The Morgan fingerprint density at radius 2 is 1.93 bits per heavy atom. The molecule has 4 nitrogen and oxygen atoms in total. The van der Waals surface area contributed by atoms with Crippen LogP contribution in [-0.4, -0.2) is 10.1 Å². The van der Waals surface area contributed by atoms with Crippen molar-refractivity contribution < 1.29 is 5.11 Å². The van der Waals surface area contributed by atoms with E-state index in [1.54, 1.807) is 30.5 Å². The van der Waals surface area contributed by atoms with Gasteiger partial charge in [-0.1, -0.05) is 0 Å². The number of hydrogen-bond donors (Lipinski definition) is 1. The molecular weight excluding hydrogens is 198 g/mol. The molecule has 1 heterocycles. The third-order valence-electron chi connectivity index (χ3n) is 1.52. The van der Waals surface area contributed by atoms with Crippen LogP contribution in [0.5, 0.6) is 5.75 Å². The van der Waals surface area contributed by atoms with Gasteiger partial charge in [0.05, 0.1) is 5.69 Å². The second-order valence-corrected chi connectivity index (χ2v) is 3.40. The van der Waals surface area contributed by atoms with Crippen molar-refractivity contribution in [3.05, 3.63) is 35.8 Å². The van der Waals surface area contributed by atoms with Crippen molar-refractivity contribution in [2.45, 2.75) is 0 Å². The van der Waals surface area contributed by atoms with Gasteiger partial charge in [0.2, 0.25) is 5.13 Å². The number of hydrogen-bond acceptors (Lipinski definition) is 5. The minimum Gasteiger partial charge on any atom is -0.508 e. The van der Waals surface area contributed by atoms with Crippen LogP contribution in [0, 0.1) is 0 Å². The maximum absolute atomic E-state index is 9.03. The molecule has 1 N–H and O–H groups in total. The van der Waals surface area contributed by atoms with Crippen LogP contribution < -0.4 is 0 Å². The average Bonchev–Trinajstić information content (AvgIpc) is 2.70. The number of aromatic hydroxyl groups is 1. The second kappa shape index (κ2) is 3.97. The standard InChI is InChI=1S/C9H7N3OS/c13-8-3-1-7(2-4-8)11-12-9-10-5-6-14-9/h1-6,13H. The van der Waals surface area contributed by atoms with E-state index < -0.39 is 0 Å². The van der Waals surface area contributed by atoms with Gasteiger partial charge in [0.25, 0.3) is 0 Å². The van der Waals surface area contributed by atoms with Gasteiger partial charge >= 0.3 is 0 Å². The van der Waals surface area contributed by atoms with Crippen molar-refractivity contribution >= 4 is 22.2 Å². The molecule has 2 rings (SSSR count). The number of rotatable bonds is 2. The van der Waals surface area contributed by atoms with Gasteiger partial charge in [0.1, 0.15) is 5.75 Å². The predicted molar refractivity (Wildman–Crippen MR) is 54.4 cm³/mol. The van der Waals surface area contributed by atoms with Crippen LogP contribution in [0.3, 0.4) is 0 Å². The summed E-state index contributed by atoms with van der Waals surface area (Å²) in [5.41, 5.74) is 0.693. The van der Waals surface area contributed by atoms with E-state index in [1.165, 1.54) is 11.3 Å². The molecule has 0 aliphatic rings. The Morgan fingerprint density at radius 3 is 2.57 bits per heavy atom. The monoisotopic (exact) mass is 205 g/mol. The summed E-state index contributed by atoms with van der Waals surface area (Å²) >= 11 is 1.42. The average molecular weight is 205 g/mol. The van der Waals surface area contributed by atoms with Gasteiger partial charge in [-0.3, -0.25) is 0 Å². The summed E-state index contributed by atoms with van der Waals surface area (Å²) in [6.45, 7) is 0. The minimum absolute atomic E-state index is 0.221. The highest BCUT2D eigenvalue weighted by molar-refractivity contribution is 7.13. The Hall–Kier alpha value is -1.75. The lowest BCUT2D eigenvalue weighted by molar-refractivity contribution is 0.475. The van der Waals surface area contributed by atoms with Gasteiger partial charge < -0.3 is 5.11 Å². The van der Waals surface area contributed by atoms with Gasteiger partial charge in [-0.25, -0.2) is 4.98 Å². The van der Waals surface area contributed by atoms with Crippen molar-refractivity contribution in [1.29, 1.82) is 0 Å². The fourth-order valence-corrected chi connectivity index (χ4v) is 1.34. The Balaban J connectivity index is 2.15. The van der Waals surface area contributed by atoms with E-state index in [1.807, 2.05) is 5.38 Å². The largest absolute Gasteiger partial charge is 0.508 e. The number of azo groups is 1. The molecule has 0 aliphatic carbocycles. The molecule has 14 heavy (non-hydrogen) atoms. The third kappa shape index (κ3) is 2.14. The first kappa shape index (κ1) is 8.83. The number of thiazole rings is 1. The van der Waals surface area contributed by atoms with Crippen LogP contribution >= 0.6 is 11.3 Å². The summed E-state index contributed by atoms with van der Waals surface area (Å²) in [4.78, 5) is 3.96. The summed E-state index contributed by atoms with van der Waals surface area (Å²) in [6.07, 6.45) is 1.68. The van der Waals surface area contributed by atoms with Crippen LogP contribution in [0.25, 0.3) is 0 Å². The lowest BCUT2D eigenvalue weighted by atomic mass is 10.3. The molecule has 0 saturated carbocycles. The van der Waals surface area contributed by atoms with E-state index in [-0.39, 0.29) is 5.75 Å². The van der Waals surface area contributed by atoms with Crippen LogP contribution in [0.15, 0.2) is 46.1 Å². The van der Waals surface area contributed by atoms with Crippen molar-refractivity contribution in [2.24, 2.45) is 10.2 Å². The lowest BCUT2D eigenvalue weighted by Gasteiger charge is -1.91. The van der Waals surface area contributed by atoms with Gasteiger partial charge in [0, 0.05) is 11.6 Å². The summed E-state index contributed by atoms with van der Waals surface area (Å²) in [5.74, 6) is 0.221. The van der Waals surface area contributed by atoms with Gasteiger partial charge in [0.15, 0.2) is 0 Å².